The van der Waals surface area contributed by atoms with Crippen LogP contribution in [0.3, 0.4) is 0 Å². The van der Waals surface area contributed by atoms with Crippen molar-refractivity contribution in [1.82, 2.24) is 9.97 Å². The lowest BCUT2D eigenvalue weighted by Gasteiger charge is -2.09. The Morgan fingerprint density at radius 3 is 3.00 bits per heavy atom. The number of rotatable bonds is 3. The van der Waals surface area contributed by atoms with Crippen LogP contribution in [0.25, 0.3) is 10.9 Å². The highest BCUT2D eigenvalue weighted by Crippen LogP contribution is 2.25. The zero-order chi connectivity index (χ0) is 12.4. The van der Waals surface area contributed by atoms with E-state index >= 15 is 0 Å². The average Bonchev–Trinajstić information content (AvgIpc) is 2.90. The molecule has 0 aliphatic carbocycles. The lowest BCUT2D eigenvalue weighted by Crippen LogP contribution is -2.01. The first-order chi connectivity index (χ1) is 8.84. The second-order valence-electron chi connectivity index (χ2n) is 3.94. The third-order valence-corrected chi connectivity index (χ3v) is 3.38. The zero-order valence-corrected chi connectivity index (χ0v) is 10.4. The molecule has 90 valence electrons. The largest absolute Gasteiger partial charge is 0.397 e. The fourth-order valence-corrected chi connectivity index (χ4v) is 2.42. The molecule has 0 atom stereocenters. The number of pyridine rings is 1. The summed E-state index contributed by atoms with van der Waals surface area (Å²) < 4.78 is 0. The quantitative estimate of drug-likeness (QED) is 0.707. The lowest BCUT2D eigenvalue weighted by molar-refractivity contribution is 1.08. The molecule has 0 aliphatic rings. The first kappa shape index (κ1) is 11.0. The first-order valence-corrected chi connectivity index (χ1v) is 6.53. The molecule has 2 aromatic heterocycles. The molecule has 0 bridgehead atoms. The fraction of sp³-hybridized carbons (Fsp3) is 0.0769. The summed E-state index contributed by atoms with van der Waals surface area (Å²) >= 11 is 1.60. The number of nitrogens with zero attached hydrogens (tertiary/aromatic N) is 2. The van der Waals surface area contributed by atoms with E-state index in [0.717, 1.165) is 22.3 Å². The molecule has 18 heavy (non-hydrogen) atoms. The first-order valence-electron chi connectivity index (χ1n) is 5.59. The number of thiazole rings is 1. The number of nitrogens with two attached hydrogens (primary N) is 1. The van der Waals surface area contributed by atoms with Gasteiger partial charge in [0.1, 0.15) is 0 Å². The van der Waals surface area contributed by atoms with Gasteiger partial charge in [-0.1, -0.05) is 12.1 Å². The highest BCUT2D eigenvalue weighted by molar-refractivity contribution is 7.07. The van der Waals surface area contributed by atoms with Crippen molar-refractivity contribution in [2.24, 2.45) is 0 Å². The molecular weight excluding hydrogens is 244 g/mol. The Hall–Kier alpha value is -2.14. The molecule has 4 nitrogen and oxygen atoms in total. The van der Waals surface area contributed by atoms with Crippen molar-refractivity contribution >= 4 is 33.6 Å². The van der Waals surface area contributed by atoms with Gasteiger partial charge in [0.15, 0.2) is 0 Å². The summed E-state index contributed by atoms with van der Waals surface area (Å²) in [6.07, 6.45) is 1.77. The van der Waals surface area contributed by atoms with Gasteiger partial charge in [0.2, 0.25) is 0 Å². The van der Waals surface area contributed by atoms with Gasteiger partial charge >= 0.3 is 0 Å². The molecule has 0 unspecified atom stereocenters. The molecular formula is C13H12N4S. The van der Waals surface area contributed by atoms with Crippen molar-refractivity contribution < 1.29 is 0 Å². The van der Waals surface area contributed by atoms with Gasteiger partial charge in [-0.3, -0.25) is 4.98 Å². The van der Waals surface area contributed by atoms with Crippen molar-refractivity contribution in [2.45, 2.75) is 6.54 Å². The van der Waals surface area contributed by atoms with Crippen LogP contribution in [0.4, 0.5) is 11.4 Å². The van der Waals surface area contributed by atoms with Crippen LogP contribution in [0, 0.1) is 0 Å². The van der Waals surface area contributed by atoms with E-state index in [2.05, 4.69) is 15.3 Å². The molecule has 5 heteroatoms. The Morgan fingerprint density at radius 1 is 1.22 bits per heavy atom. The smallest absolute Gasteiger partial charge is 0.0951 e. The van der Waals surface area contributed by atoms with Crippen LogP contribution in [-0.2, 0) is 6.54 Å². The number of nitrogens with one attached hydrogen (secondary N) is 1. The highest BCUT2D eigenvalue weighted by Gasteiger charge is 2.04. The number of para-hydroxylation sites is 1. The number of nitrogen functional groups attached to an aromatic ring is 1. The maximum Gasteiger partial charge on any atom is 0.0951 e. The van der Waals surface area contributed by atoms with Crippen LogP contribution in [-0.4, -0.2) is 9.97 Å². The number of benzene rings is 1. The van der Waals surface area contributed by atoms with Gasteiger partial charge in [0, 0.05) is 22.7 Å². The topological polar surface area (TPSA) is 63.8 Å². The average molecular weight is 256 g/mol. The van der Waals surface area contributed by atoms with Gasteiger partial charge < -0.3 is 11.1 Å². The third kappa shape index (κ3) is 2.00. The maximum absolute atomic E-state index is 5.91. The van der Waals surface area contributed by atoms with Crippen molar-refractivity contribution in [3.8, 4) is 0 Å². The molecule has 2 heterocycles. The molecule has 0 saturated carbocycles. The van der Waals surface area contributed by atoms with E-state index < -0.39 is 0 Å². The standard InChI is InChI=1S/C13H12N4S/c14-11-3-1-2-10-12(4-5-15-13(10)11)16-6-9-7-18-8-17-9/h1-5,7-8H,6,14H2,(H,15,16). The summed E-state index contributed by atoms with van der Waals surface area (Å²) in [6, 6.07) is 7.77. The van der Waals surface area contributed by atoms with Gasteiger partial charge in [-0.25, -0.2) is 4.98 Å². The van der Waals surface area contributed by atoms with Crippen LogP contribution in [0.2, 0.25) is 0 Å². The van der Waals surface area contributed by atoms with E-state index in [1.165, 1.54) is 0 Å². The number of fused-ring (bicyclic) bond motifs is 1. The zero-order valence-electron chi connectivity index (χ0n) is 9.63. The van der Waals surface area contributed by atoms with Gasteiger partial charge in [-0.05, 0) is 12.1 Å². The molecule has 0 amide bonds. The Labute approximate surface area is 109 Å². The van der Waals surface area contributed by atoms with Crippen molar-refractivity contribution in [1.29, 1.82) is 0 Å². The van der Waals surface area contributed by atoms with E-state index in [1.807, 2.05) is 35.2 Å². The summed E-state index contributed by atoms with van der Waals surface area (Å²) in [5.74, 6) is 0. The number of hydrogen-bond acceptors (Lipinski definition) is 5. The molecule has 0 fully saturated rings. The molecule has 0 saturated heterocycles. The predicted octanol–water partition coefficient (Wildman–Crippen LogP) is 2.89. The molecule has 0 radical (unpaired) electrons. The minimum Gasteiger partial charge on any atom is -0.397 e. The Bertz CT molecular complexity index is 664. The van der Waals surface area contributed by atoms with E-state index in [0.29, 0.717) is 12.2 Å². The molecule has 0 spiro atoms. The van der Waals surface area contributed by atoms with E-state index in [-0.39, 0.29) is 0 Å². The lowest BCUT2D eigenvalue weighted by atomic mass is 10.1. The predicted molar refractivity (Wildman–Crippen MR) is 75.6 cm³/mol. The Kier molecular flexibility index (Phi) is 2.82. The van der Waals surface area contributed by atoms with Gasteiger partial charge in [0.05, 0.1) is 29.0 Å². The third-order valence-electron chi connectivity index (χ3n) is 2.75. The van der Waals surface area contributed by atoms with Gasteiger partial charge in [0.25, 0.3) is 0 Å². The molecule has 0 aliphatic heterocycles. The molecule has 1 aromatic carbocycles. The van der Waals surface area contributed by atoms with Gasteiger partial charge in [-0.15, -0.1) is 11.3 Å². The normalized spacial score (nSPS) is 10.7. The number of hydrogen-bond donors (Lipinski definition) is 2. The minimum atomic E-state index is 0.699. The minimum absolute atomic E-state index is 0.699. The van der Waals surface area contributed by atoms with E-state index in [1.54, 1.807) is 17.5 Å². The van der Waals surface area contributed by atoms with Gasteiger partial charge in [-0.2, -0.15) is 0 Å². The van der Waals surface area contributed by atoms with Crippen molar-refractivity contribution in [3.05, 3.63) is 47.0 Å². The van der Waals surface area contributed by atoms with E-state index in [9.17, 15) is 0 Å². The monoisotopic (exact) mass is 256 g/mol. The highest BCUT2D eigenvalue weighted by atomic mass is 32.1. The Balaban J connectivity index is 1.94. The second-order valence-corrected chi connectivity index (χ2v) is 4.65. The summed E-state index contributed by atoms with van der Waals surface area (Å²) in [4.78, 5) is 8.55. The van der Waals surface area contributed by atoms with Crippen LogP contribution >= 0.6 is 11.3 Å². The molecule has 3 aromatic rings. The van der Waals surface area contributed by atoms with Crippen LogP contribution in [0.15, 0.2) is 41.4 Å². The van der Waals surface area contributed by atoms with Crippen molar-refractivity contribution in [2.75, 3.05) is 11.1 Å². The summed E-state index contributed by atoms with van der Waals surface area (Å²) in [5.41, 5.74) is 11.3. The van der Waals surface area contributed by atoms with E-state index in [4.69, 9.17) is 5.73 Å². The number of anilines is 2. The summed E-state index contributed by atoms with van der Waals surface area (Å²) in [7, 11) is 0. The van der Waals surface area contributed by atoms with Crippen LogP contribution in [0.5, 0.6) is 0 Å². The second kappa shape index (κ2) is 4.62. The maximum atomic E-state index is 5.91. The van der Waals surface area contributed by atoms with Crippen LogP contribution < -0.4 is 11.1 Å². The molecule has 3 N–H and O–H groups in total. The Morgan fingerprint density at radius 2 is 2.17 bits per heavy atom. The SMILES string of the molecule is Nc1cccc2c(NCc3cscn3)ccnc12. The van der Waals surface area contributed by atoms with Crippen LogP contribution in [0.1, 0.15) is 5.69 Å². The fourth-order valence-electron chi connectivity index (χ4n) is 1.86. The molecule has 3 rings (SSSR count). The summed E-state index contributed by atoms with van der Waals surface area (Å²) in [5, 5.41) is 6.43. The van der Waals surface area contributed by atoms with Crippen molar-refractivity contribution in [3.63, 3.8) is 0 Å². The summed E-state index contributed by atoms with van der Waals surface area (Å²) in [6.45, 7) is 0.706. The number of aromatic nitrogens is 2.